The quantitative estimate of drug-likeness (QED) is 0.742. The topological polar surface area (TPSA) is 59.0 Å². The third-order valence-electron chi connectivity index (χ3n) is 4.99. The molecule has 4 rings (SSSR count). The molecule has 0 saturated carbocycles. The molecule has 0 bridgehead atoms. The van der Waals surface area contributed by atoms with Crippen molar-refractivity contribution in [2.75, 3.05) is 0 Å². The number of amides is 1. The molecule has 2 atom stereocenters. The van der Waals surface area contributed by atoms with E-state index in [0.29, 0.717) is 11.6 Å². The summed E-state index contributed by atoms with van der Waals surface area (Å²) in [5.74, 6) is 0.00860. The van der Waals surface area contributed by atoms with Crippen LogP contribution in [0.15, 0.2) is 48.5 Å². The number of aromatic nitrogens is 2. The van der Waals surface area contributed by atoms with Crippen molar-refractivity contribution in [3.05, 3.63) is 64.8 Å². The van der Waals surface area contributed by atoms with Crippen molar-refractivity contribution in [2.45, 2.75) is 31.5 Å². The van der Waals surface area contributed by atoms with Crippen molar-refractivity contribution in [3.63, 3.8) is 0 Å². The van der Waals surface area contributed by atoms with Gasteiger partial charge in [-0.1, -0.05) is 48.0 Å². The second kappa shape index (κ2) is 7.09. The zero-order chi connectivity index (χ0) is 18.1. The molecule has 0 spiro atoms. The molecule has 5 nitrogen and oxygen atoms in total. The van der Waals surface area contributed by atoms with E-state index in [1.807, 2.05) is 43.4 Å². The van der Waals surface area contributed by atoms with Gasteiger partial charge in [-0.2, -0.15) is 5.10 Å². The van der Waals surface area contributed by atoms with Gasteiger partial charge in [-0.25, -0.2) is 0 Å². The molecule has 6 heteroatoms. The molecular formula is C20H21ClN4O. The van der Waals surface area contributed by atoms with Crippen molar-refractivity contribution < 1.29 is 4.79 Å². The van der Waals surface area contributed by atoms with Crippen molar-refractivity contribution in [1.82, 2.24) is 20.4 Å². The van der Waals surface area contributed by atoms with Crippen LogP contribution in [0.25, 0.3) is 10.9 Å². The second-order valence-corrected chi connectivity index (χ2v) is 7.09. The van der Waals surface area contributed by atoms with Gasteiger partial charge < -0.3 is 5.32 Å². The van der Waals surface area contributed by atoms with E-state index >= 15 is 0 Å². The number of nitrogens with one attached hydrogen (secondary N) is 2. The van der Waals surface area contributed by atoms with Crippen LogP contribution < -0.4 is 10.6 Å². The monoisotopic (exact) mass is 368 g/mol. The Hall–Kier alpha value is -2.37. The second-order valence-electron chi connectivity index (χ2n) is 6.68. The highest BCUT2D eigenvalue weighted by molar-refractivity contribution is 6.35. The average Bonchev–Trinajstić information content (AvgIpc) is 3.27. The first kappa shape index (κ1) is 17.1. The molecule has 1 aromatic heterocycles. The first-order chi connectivity index (χ1) is 12.6. The Morgan fingerprint density at radius 3 is 2.85 bits per heavy atom. The van der Waals surface area contributed by atoms with Crippen molar-refractivity contribution in [1.29, 1.82) is 0 Å². The summed E-state index contributed by atoms with van der Waals surface area (Å²) in [5, 5.41) is 12.5. The largest absolute Gasteiger partial charge is 0.349 e. The number of rotatable bonds is 4. The highest BCUT2D eigenvalue weighted by atomic mass is 35.5. The molecule has 2 aromatic carbocycles. The number of carbonyl (C=O) groups excluding carboxylic acids is 1. The van der Waals surface area contributed by atoms with Crippen LogP contribution in [0.1, 0.15) is 30.1 Å². The summed E-state index contributed by atoms with van der Waals surface area (Å²) in [6.07, 6.45) is 1.79. The molecule has 1 saturated heterocycles. The minimum Gasteiger partial charge on any atom is -0.349 e. The molecule has 0 unspecified atom stereocenters. The first-order valence-corrected chi connectivity index (χ1v) is 9.20. The van der Waals surface area contributed by atoms with E-state index in [4.69, 9.17) is 11.6 Å². The van der Waals surface area contributed by atoms with E-state index in [-0.39, 0.29) is 18.0 Å². The summed E-state index contributed by atoms with van der Waals surface area (Å²) in [5.41, 5.74) is 2.98. The van der Waals surface area contributed by atoms with Crippen LogP contribution in [-0.4, -0.2) is 21.7 Å². The van der Waals surface area contributed by atoms with E-state index in [1.165, 1.54) is 5.56 Å². The predicted molar refractivity (Wildman–Crippen MR) is 103 cm³/mol. The van der Waals surface area contributed by atoms with Crippen LogP contribution >= 0.6 is 11.6 Å². The molecule has 0 radical (unpaired) electrons. The summed E-state index contributed by atoms with van der Waals surface area (Å²) in [6, 6.07) is 16.0. The number of carbonyl (C=O) groups is 1. The van der Waals surface area contributed by atoms with Gasteiger partial charge in [-0.15, -0.1) is 0 Å². The normalized spacial score (nSPS) is 19.8. The number of hydrogen-bond acceptors (Lipinski definition) is 3. The van der Waals surface area contributed by atoms with Crippen LogP contribution in [0.5, 0.6) is 0 Å². The fraction of sp³-hybridized carbons (Fsp3) is 0.300. The Morgan fingerprint density at radius 2 is 2.04 bits per heavy atom. The lowest BCUT2D eigenvalue weighted by molar-refractivity contribution is -0.123. The van der Waals surface area contributed by atoms with E-state index in [0.717, 1.165) is 29.4 Å². The van der Waals surface area contributed by atoms with Gasteiger partial charge in [-0.05, 0) is 30.5 Å². The fourth-order valence-corrected chi connectivity index (χ4v) is 3.95. The molecule has 2 N–H and O–H groups in total. The average molecular weight is 369 g/mol. The highest BCUT2D eigenvalue weighted by Crippen LogP contribution is 2.28. The summed E-state index contributed by atoms with van der Waals surface area (Å²) in [6.45, 7) is 0.369. The standard InChI is InChI=1S/C20H21ClN4O/c1-25-18-9-5-8-14(21)19(18)17(24-25)12-22-20(26)16-11-10-15(23-16)13-6-3-2-4-7-13/h2-9,15-16,23H,10-12H2,1H3,(H,22,26)/t15-,16-/m1/s1. The maximum absolute atomic E-state index is 12.6. The van der Waals surface area contributed by atoms with Gasteiger partial charge >= 0.3 is 0 Å². The maximum atomic E-state index is 12.6. The Morgan fingerprint density at radius 1 is 1.23 bits per heavy atom. The minimum absolute atomic E-state index is 0.00860. The molecule has 1 fully saturated rings. The zero-order valence-corrected chi connectivity index (χ0v) is 15.3. The smallest absolute Gasteiger partial charge is 0.237 e. The number of fused-ring (bicyclic) bond motifs is 1. The third-order valence-corrected chi connectivity index (χ3v) is 5.31. The molecule has 134 valence electrons. The lowest BCUT2D eigenvalue weighted by Crippen LogP contribution is -2.40. The number of halogens is 1. The van der Waals surface area contributed by atoms with Crippen LogP contribution in [0.2, 0.25) is 5.02 Å². The molecule has 3 aromatic rings. The molecule has 26 heavy (non-hydrogen) atoms. The van der Waals surface area contributed by atoms with Crippen molar-refractivity contribution >= 4 is 28.4 Å². The van der Waals surface area contributed by atoms with Gasteiger partial charge in [0.2, 0.25) is 5.91 Å². The van der Waals surface area contributed by atoms with Crippen molar-refractivity contribution in [3.8, 4) is 0 Å². The maximum Gasteiger partial charge on any atom is 0.237 e. The van der Waals surface area contributed by atoms with E-state index in [9.17, 15) is 4.79 Å². The lowest BCUT2D eigenvalue weighted by atomic mass is 10.1. The van der Waals surface area contributed by atoms with Gasteiger partial charge in [-0.3, -0.25) is 14.8 Å². The fourth-order valence-electron chi connectivity index (χ4n) is 3.67. The third kappa shape index (κ3) is 3.20. The van der Waals surface area contributed by atoms with Gasteiger partial charge in [0.1, 0.15) is 0 Å². The SMILES string of the molecule is Cn1nc(CNC(=O)[C@H]2CC[C@H](c3ccccc3)N2)c2c(Cl)cccc21. The Balaban J connectivity index is 1.42. The molecule has 2 heterocycles. The van der Waals surface area contributed by atoms with E-state index < -0.39 is 0 Å². The summed E-state index contributed by atoms with van der Waals surface area (Å²) >= 11 is 6.33. The number of nitrogens with zero attached hydrogens (tertiary/aromatic N) is 2. The summed E-state index contributed by atoms with van der Waals surface area (Å²) < 4.78 is 1.79. The summed E-state index contributed by atoms with van der Waals surface area (Å²) in [7, 11) is 1.88. The zero-order valence-electron chi connectivity index (χ0n) is 14.6. The van der Waals surface area contributed by atoms with Gasteiger partial charge in [0.25, 0.3) is 0 Å². The van der Waals surface area contributed by atoms with E-state index in [2.05, 4.69) is 27.9 Å². The van der Waals surface area contributed by atoms with Crippen molar-refractivity contribution in [2.24, 2.45) is 7.05 Å². The summed E-state index contributed by atoms with van der Waals surface area (Å²) in [4.78, 5) is 12.6. The lowest BCUT2D eigenvalue weighted by Gasteiger charge is -2.14. The van der Waals surface area contributed by atoms with Crippen LogP contribution in [-0.2, 0) is 18.4 Å². The van der Waals surface area contributed by atoms with Crippen LogP contribution in [0.4, 0.5) is 0 Å². The number of hydrogen-bond donors (Lipinski definition) is 2. The molecule has 0 aliphatic carbocycles. The Kier molecular flexibility index (Phi) is 4.66. The number of benzene rings is 2. The van der Waals surface area contributed by atoms with Gasteiger partial charge in [0.15, 0.2) is 0 Å². The molecule has 1 aliphatic heterocycles. The van der Waals surface area contributed by atoms with Gasteiger partial charge in [0, 0.05) is 18.5 Å². The molecular weight excluding hydrogens is 348 g/mol. The predicted octanol–water partition coefficient (Wildman–Crippen LogP) is 3.34. The van der Waals surface area contributed by atoms with Crippen LogP contribution in [0, 0.1) is 0 Å². The van der Waals surface area contributed by atoms with E-state index in [1.54, 1.807) is 4.68 Å². The number of aryl methyl sites for hydroxylation is 1. The molecule has 1 amide bonds. The molecule has 1 aliphatic rings. The highest BCUT2D eigenvalue weighted by Gasteiger charge is 2.29. The minimum atomic E-state index is -0.175. The van der Waals surface area contributed by atoms with Crippen LogP contribution in [0.3, 0.4) is 0 Å². The Bertz CT molecular complexity index is 938. The van der Waals surface area contributed by atoms with Gasteiger partial charge in [0.05, 0.1) is 28.8 Å². The first-order valence-electron chi connectivity index (χ1n) is 8.82. The Labute approximate surface area is 157 Å².